The molecule has 222 valence electrons. The predicted molar refractivity (Wildman–Crippen MR) is 164 cm³/mol. The van der Waals surface area contributed by atoms with Crippen molar-refractivity contribution < 1.29 is 14.0 Å². The molecule has 0 N–H and O–H groups in total. The summed E-state index contributed by atoms with van der Waals surface area (Å²) < 4.78 is 11.8. The Balaban J connectivity index is 1.57. The zero-order valence-electron chi connectivity index (χ0n) is 26.9. The molecule has 3 saturated carbocycles. The predicted octanol–water partition coefficient (Wildman–Crippen LogP) is 10.0. The first-order valence-corrected chi connectivity index (χ1v) is 19.5. The van der Waals surface area contributed by atoms with Crippen molar-refractivity contribution in [1.82, 2.24) is 0 Å². The van der Waals surface area contributed by atoms with Crippen molar-refractivity contribution in [2.45, 2.75) is 150 Å². The lowest BCUT2D eigenvalue weighted by atomic mass is 9.53. The highest BCUT2D eigenvalue weighted by atomic mass is 28.4. The van der Waals surface area contributed by atoms with Crippen LogP contribution in [-0.2, 0) is 14.0 Å². The summed E-state index contributed by atoms with van der Waals surface area (Å²) in [4.78, 5) is 12.2. The van der Waals surface area contributed by atoms with Gasteiger partial charge >= 0.3 is 5.97 Å². The van der Waals surface area contributed by atoms with E-state index in [4.69, 9.17) is 9.16 Å². The Hall–Kier alpha value is -0.353. The van der Waals surface area contributed by atoms with E-state index >= 15 is 0 Å². The Labute approximate surface area is 238 Å². The summed E-state index contributed by atoms with van der Waals surface area (Å²) in [7, 11) is -1.63. The van der Waals surface area contributed by atoms with Crippen LogP contribution in [0.15, 0.2) is 0 Å². The molecule has 3 aliphatic carbocycles. The number of hydrogen-bond acceptors (Lipinski definition) is 3. The van der Waals surface area contributed by atoms with Gasteiger partial charge in [0.25, 0.3) is 0 Å². The van der Waals surface area contributed by atoms with Gasteiger partial charge in [0.05, 0.1) is 6.61 Å². The number of esters is 1. The van der Waals surface area contributed by atoms with Crippen LogP contribution < -0.4 is 0 Å². The first-order valence-electron chi connectivity index (χ1n) is 16.6. The second kappa shape index (κ2) is 13.5. The van der Waals surface area contributed by atoms with Crippen molar-refractivity contribution in [2.24, 2.45) is 46.8 Å². The number of ether oxygens (including phenoxy) is 1. The van der Waals surface area contributed by atoms with E-state index in [1.807, 2.05) is 6.92 Å². The van der Waals surface area contributed by atoms with Gasteiger partial charge in [0.1, 0.15) is 0 Å². The maximum Gasteiger partial charge on any atom is 0.306 e. The summed E-state index contributed by atoms with van der Waals surface area (Å²) >= 11 is 0. The molecule has 0 aromatic heterocycles. The summed E-state index contributed by atoms with van der Waals surface area (Å²) in [5.74, 6) is 5.77. The molecule has 0 saturated heterocycles. The molecule has 0 aromatic rings. The standard InChI is InChI=1S/C34H64O3Si/c1-10-36-32(35)24-27-15-11-12-16-29-28(25(2)17-18-27)21-22-34(7)30(19-20-31(29)34)26(3)14-13-23-37-38(8,9)33(4,5)6/h25-31H,10-24H2,1-9H3/t25?,26-,27?,28-,29?,30-,31+,34?/m1/s1. The van der Waals surface area contributed by atoms with Crippen LogP contribution in [0, 0.1) is 46.8 Å². The molecule has 0 amide bonds. The fourth-order valence-corrected chi connectivity index (χ4v) is 9.98. The van der Waals surface area contributed by atoms with Crippen molar-refractivity contribution in [3.63, 3.8) is 0 Å². The lowest BCUT2D eigenvalue weighted by Crippen LogP contribution is -2.44. The third kappa shape index (κ3) is 7.68. The van der Waals surface area contributed by atoms with E-state index in [-0.39, 0.29) is 5.97 Å². The van der Waals surface area contributed by atoms with Crippen LogP contribution in [0.1, 0.15) is 132 Å². The minimum atomic E-state index is -1.63. The Morgan fingerprint density at radius 3 is 2.39 bits per heavy atom. The maximum atomic E-state index is 12.2. The van der Waals surface area contributed by atoms with Crippen LogP contribution in [0.3, 0.4) is 0 Å². The summed E-state index contributed by atoms with van der Waals surface area (Å²) in [5, 5.41) is 0.303. The third-order valence-corrected chi connectivity index (χ3v) is 16.8. The quantitative estimate of drug-likeness (QED) is 0.163. The molecule has 0 aromatic carbocycles. The Bertz CT molecular complexity index is 743. The molecular weight excluding hydrogens is 484 g/mol. The van der Waals surface area contributed by atoms with Crippen molar-refractivity contribution in [3.05, 3.63) is 0 Å². The van der Waals surface area contributed by atoms with Gasteiger partial charge < -0.3 is 9.16 Å². The first-order chi connectivity index (χ1) is 17.8. The van der Waals surface area contributed by atoms with Gasteiger partial charge in [0.2, 0.25) is 0 Å². The average molecular weight is 549 g/mol. The van der Waals surface area contributed by atoms with Crippen LogP contribution in [0.2, 0.25) is 18.1 Å². The van der Waals surface area contributed by atoms with Crippen molar-refractivity contribution in [1.29, 1.82) is 0 Å². The summed E-state index contributed by atoms with van der Waals surface area (Å²) in [6.07, 6.45) is 16.7. The number of rotatable bonds is 9. The topological polar surface area (TPSA) is 35.5 Å². The second-order valence-corrected chi connectivity index (χ2v) is 20.4. The highest BCUT2D eigenvalue weighted by Crippen LogP contribution is 2.63. The smallest absolute Gasteiger partial charge is 0.306 e. The van der Waals surface area contributed by atoms with E-state index in [0.717, 1.165) is 42.1 Å². The van der Waals surface area contributed by atoms with Gasteiger partial charge in [-0.3, -0.25) is 4.79 Å². The van der Waals surface area contributed by atoms with Crippen molar-refractivity contribution in [2.75, 3.05) is 13.2 Å². The zero-order valence-corrected chi connectivity index (χ0v) is 27.9. The minimum absolute atomic E-state index is 0.0196. The number of hydrogen-bond donors (Lipinski definition) is 0. The molecule has 0 radical (unpaired) electrons. The number of fused-ring (bicyclic) bond motifs is 3. The van der Waals surface area contributed by atoms with E-state index in [1.54, 1.807) is 0 Å². The normalized spacial score (nSPS) is 35.7. The van der Waals surface area contributed by atoms with Crippen LogP contribution in [0.4, 0.5) is 0 Å². The molecule has 0 spiro atoms. The number of carbonyl (C=O) groups excluding carboxylic acids is 1. The highest BCUT2D eigenvalue weighted by molar-refractivity contribution is 6.74. The van der Waals surface area contributed by atoms with E-state index in [2.05, 4.69) is 54.6 Å². The van der Waals surface area contributed by atoms with Crippen molar-refractivity contribution >= 4 is 14.3 Å². The lowest BCUT2D eigenvalue weighted by molar-refractivity contribution is -0.144. The molecule has 0 heterocycles. The van der Waals surface area contributed by atoms with Gasteiger partial charge in [-0.1, -0.05) is 60.8 Å². The molecule has 0 bridgehead atoms. The lowest BCUT2D eigenvalue weighted by Gasteiger charge is -2.52. The molecule has 4 heteroatoms. The molecular formula is C34H64O3Si. The van der Waals surface area contributed by atoms with Crippen LogP contribution in [0.25, 0.3) is 0 Å². The third-order valence-electron chi connectivity index (χ3n) is 12.2. The first kappa shape index (κ1) is 32.2. The maximum absolute atomic E-state index is 12.2. The molecule has 0 aliphatic heterocycles. The fraction of sp³-hybridized carbons (Fsp3) is 0.971. The largest absolute Gasteiger partial charge is 0.466 e. The van der Waals surface area contributed by atoms with Gasteiger partial charge in [-0.15, -0.1) is 0 Å². The Morgan fingerprint density at radius 1 is 1.00 bits per heavy atom. The number of carbonyl (C=O) groups is 1. The Morgan fingerprint density at radius 2 is 1.71 bits per heavy atom. The molecule has 4 unspecified atom stereocenters. The molecule has 8 atom stereocenters. The molecule has 3 nitrogen and oxygen atoms in total. The van der Waals surface area contributed by atoms with E-state index in [0.29, 0.717) is 29.4 Å². The van der Waals surface area contributed by atoms with Gasteiger partial charge in [-0.05, 0) is 130 Å². The average Bonchev–Trinajstić information content (AvgIpc) is 3.19. The molecule has 3 aliphatic rings. The van der Waals surface area contributed by atoms with Crippen LogP contribution >= 0.6 is 0 Å². The summed E-state index contributed by atoms with van der Waals surface area (Å²) in [5.41, 5.74) is 0.539. The van der Waals surface area contributed by atoms with Gasteiger partial charge in [0, 0.05) is 13.0 Å². The van der Waals surface area contributed by atoms with Gasteiger partial charge in [-0.25, -0.2) is 0 Å². The van der Waals surface area contributed by atoms with Gasteiger partial charge in [0.15, 0.2) is 8.32 Å². The Kier molecular flexibility index (Phi) is 11.5. The van der Waals surface area contributed by atoms with E-state index < -0.39 is 8.32 Å². The monoisotopic (exact) mass is 548 g/mol. The summed E-state index contributed by atoms with van der Waals surface area (Å²) in [6, 6.07) is 0. The van der Waals surface area contributed by atoms with Crippen molar-refractivity contribution in [3.8, 4) is 0 Å². The highest BCUT2D eigenvalue weighted by Gasteiger charge is 2.55. The molecule has 3 rings (SSSR count). The minimum Gasteiger partial charge on any atom is -0.466 e. The van der Waals surface area contributed by atoms with E-state index in [9.17, 15) is 4.79 Å². The van der Waals surface area contributed by atoms with Crippen LogP contribution in [0.5, 0.6) is 0 Å². The SMILES string of the molecule is CCOC(=O)CC1CCCCC2[C@H](CCC3(C)[C@@H]([C@H](C)CCCO[Si](C)(C)C(C)(C)C)CC[C@@H]23)C(C)CC1. The van der Waals surface area contributed by atoms with E-state index in [1.165, 1.54) is 77.0 Å². The summed E-state index contributed by atoms with van der Waals surface area (Å²) in [6.45, 7) is 23.0. The fourth-order valence-electron chi connectivity index (χ4n) is 8.89. The zero-order chi connectivity index (χ0) is 28.1. The molecule has 38 heavy (non-hydrogen) atoms. The van der Waals surface area contributed by atoms with Gasteiger partial charge in [-0.2, -0.15) is 0 Å². The second-order valence-electron chi connectivity index (χ2n) is 15.6. The molecule has 3 fully saturated rings. The van der Waals surface area contributed by atoms with Crippen LogP contribution in [-0.4, -0.2) is 27.5 Å².